The Kier molecular flexibility index (Phi) is 3.92. The monoisotopic (exact) mass is 260 g/mol. The molecule has 3 heteroatoms. The van der Waals surface area contributed by atoms with E-state index in [4.69, 9.17) is 5.73 Å². The quantitative estimate of drug-likeness (QED) is 0.849. The first-order valence-electron chi connectivity index (χ1n) is 6.19. The molecule has 1 aromatic heterocycles. The zero-order chi connectivity index (χ0) is 13.1. The molecule has 1 aromatic carbocycles. The summed E-state index contributed by atoms with van der Waals surface area (Å²) in [5.41, 5.74) is 9.19. The average Bonchev–Trinajstić information content (AvgIpc) is 2.84. The van der Waals surface area contributed by atoms with E-state index in [1.165, 1.54) is 16.1 Å². The summed E-state index contributed by atoms with van der Waals surface area (Å²) < 4.78 is 0. The summed E-state index contributed by atoms with van der Waals surface area (Å²) in [5, 5.41) is 2.13. The molecule has 0 spiro atoms. The van der Waals surface area contributed by atoms with Crippen LogP contribution in [-0.4, -0.2) is 13.1 Å². The second-order valence-corrected chi connectivity index (χ2v) is 5.82. The Morgan fingerprint density at radius 1 is 1.33 bits per heavy atom. The highest BCUT2D eigenvalue weighted by molar-refractivity contribution is 7.09. The van der Waals surface area contributed by atoms with Crippen molar-refractivity contribution in [1.29, 1.82) is 0 Å². The molecular formula is C15H20N2S. The number of anilines is 2. The second kappa shape index (κ2) is 5.44. The third-order valence-corrected chi connectivity index (χ3v) is 4.25. The van der Waals surface area contributed by atoms with Crippen LogP contribution in [-0.2, 0) is 6.42 Å². The molecule has 2 nitrogen and oxygen atoms in total. The molecule has 0 bridgehead atoms. The number of hydrogen-bond acceptors (Lipinski definition) is 3. The van der Waals surface area contributed by atoms with Gasteiger partial charge in [0, 0.05) is 35.8 Å². The van der Waals surface area contributed by atoms with Gasteiger partial charge in [-0.1, -0.05) is 12.1 Å². The maximum atomic E-state index is 5.88. The Morgan fingerprint density at radius 2 is 2.11 bits per heavy atom. The van der Waals surface area contributed by atoms with E-state index in [0.717, 1.165) is 12.1 Å². The molecule has 1 heterocycles. The van der Waals surface area contributed by atoms with Gasteiger partial charge in [-0.05, 0) is 43.0 Å². The molecule has 2 rings (SSSR count). The first kappa shape index (κ1) is 13.0. The van der Waals surface area contributed by atoms with Gasteiger partial charge in [0.2, 0.25) is 0 Å². The summed E-state index contributed by atoms with van der Waals surface area (Å²) in [6.07, 6.45) is 1.07. The van der Waals surface area contributed by atoms with Crippen LogP contribution in [0.1, 0.15) is 17.4 Å². The number of benzene rings is 1. The SMILES string of the molecule is Cc1ccc(N)cc1N(C)C(C)Cc1cccs1. The van der Waals surface area contributed by atoms with E-state index in [2.05, 4.69) is 55.4 Å². The van der Waals surface area contributed by atoms with E-state index in [0.29, 0.717) is 6.04 Å². The lowest BCUT2D eigenvalue weighted by atomic mass is 10.1. The molecule has 0 aliphatic carbocycles. The van der Waals surface area contributed by atoms with Crippen molar-refractivity contribution in [3.8, 4) is 0 Å². The molecule has 0 saturated heterocycles. The van der Waals surface area contributed by atoms with Crippen molar-refractivity contribution in [2.45, 2.75) is 26.3 Å². The number of nitrogens with zero attached hydrogens (tertiary/aromatic N) is 1. The van der Waals surface area contributed by atoms with Gasteiger partial charge >= 0.3 is 0 Å². The number of aryl methyl sites for hydroxylation is 1. The maximum absolute atomic E-state index is 5.88. The Labute approximate surface area is 113 Å². The van der Waals surface area contributed by atoms with E-state index in [9.17, 15) is 0 Å². The number of nitrogens with two attached hydrogens (primary N) is 1. The predicted octanol–water partition coefficient (Wildman–Crippen LogP) is 3.71. The summed E-state index contributed by atoms with van der Waals surface area (Å²) in [6.45, 7) is 4.38. The normalized spacial score (nSPS) is 12.4. The van der Waals surface area contributed by atoms with Gasteiger partial charge < -0.3 is 10.6 Å². The zero-order valence-electron chi connectivity index (χ0n) is 11.2. The summed E-state index contributed by atoms with van der Waals surface area (Å²) in [7, 11) is 2.14. The number of likely N-dealkylation sites (N-methyl/N-ethyl adjacent to an activating group) is 1. The molecule has 0 aliphatic rings. The molecule has 1 unspecified atom stereocenters. The number of nitrogen functional groups attached to an aromatic ring is 1. The van der Waals surface area contributed by atoms with E-state index >= 15 is 0 Å². The van der Waals surface area contributed by atoms with E-state index < -0.39 is 0 Å². The van der Waals surface area contributed by atoms with Gasteiger partial charge in [-0.15, -0.1) is 11.3 Å². The lowest BCUT2D eigenvalue weighted by Crippen LogP contribution is -2.31. The van der Waals surface area contributed by atoms with Crippen molar-refractivity contribution in [2.24, 2.45) is 0 Å². The zero-order valence-corrected chi connectivity index (χ0v) is 12.0. The van der Waals surface area contributed by atoms with Gasteiger partial charge in [0.15, 0.2) is 0 Å². The smallest absolute Gasteiger partial charge is 0.0416 e. The fraction of sp³-hybridized carbons (Fsp3) is 0.333. The Morgan fingerprint density at radius 3 is 2.78 bits per heavy atom. The van der Waals surface area contributed by atoms with Crippen LogP contribution >= 0.6 is 11.3 Å². The topological polar surface area (TPSA) is 29.3 Å². The van der Waals surface area contributed by atoms with Crippen LogP contribution in [0.25, 0.3) is 0 Å². The number of hydrogen-bond donors (Lipinski definition) is 1. The lowest BCUT2D eigenvalue weighted by Gasteiger charge is -2.28. The standard InChI is InChI=1S/C15H20N2S/c1-11-6-7-13(16)10-15(11)17(3)12(2)9-14-5-4-8-18-14/h4-8,10,12H,9,16H2,1-3H3. The summed E-state index contributed by atoms with van der Waals surface area (Å²) >= 11 is 1.82. The van der Waals surface area contributed by atoms with E-state index in [1.807, 2.05) is 17.4 Å². The predicted molar refractivity (Wildman–Crippen MR) is 81.5 cm³/mol. The van der Waals surface area contributed by atoms with E-state index in [1.54, 1.807) is 0 Å². The van der Waals surface area contributed by atoms with Crippen molar-refractivity contribution >= 4 is 22.7 Å². The van der Waals surface area contributed by atoms with Crippen molar-refractivity contribution in [3.05, 3.63) is 46.2 Å². The molecule has 96 valence electrons. The van der Waals surface area contributed by atoms with Gasteiger partial charge in [0.05, 0.1) is 0 Å². The molecule has 0 fully saturated rings. The third-order valence-electron chi connectivity index (χ3n) is 3.35. The Balaban J connectivity index is 2.14. The van der Waals surface area contributed by atoms with Gasteiger partial charge in [-0.2, -0.15) is 0 Å². The first-order chi connectivity index (χ1) is 8.58. The second-order valence-electron chi connectivity index (χ2n) is 4.79. The minimum Gasteiger partial charge on any atom is -0.399 e. The van der Waals surface area contributed by atoms with Crippen molar-refractivity contribution in [2.75, 3.05) is 17.7 Å². The minimum atomic E-state index is 0.462. The average molecular weight is 260 g/mol. The highest BCUT2D eigenvalue weighted by atomic mass is 32.1. The lowest BCUT2D eigenvalue weighted by molar-refractivity contribution is 0.687. The van der Waals surface area contributed by atoms with Crippen molar-refractivity contribution in [3.63, 3.8) is 0 Å². The van der Waals surface area contributed by atoms with Crippen molar-refractivity contribution < 1.29 is 0 Å². The van der Waals surface area contributed by atoms with Crippen LogP contribution in [0.4, 0.5) is 11.4 Å². The third kappa shape index (κ3) is 2.85. The number of rotatable bonds is 4. The van der Waals surface area contributed by atoms with Crippen LogP contribution < -0.4 is 10.6 Å². The first-order valence-corrected chi connectivity index (χ1v) is 7.07. The van der Waals surface area contributed by atoms with Crippen LogP contribution in [0.5, 0.6) is 0 Å². The van der Waals surface area contributed by atoms with Crippen LogP contribution in [0.3, 0.4) is 0 Å². The van der Waals surface area contributed by atoms with Gasteiger partial charge in [0.1, 0.15) is 0 Å². The van der Waals surface area contributed by atoms with Gasteiger partial charge in [-0.3, -0.25) is 0 Å². The fourth-order valence-corrected chi connectivity index (χ4v) is 2.93. The van der Waals surface area contributed by atoms with Crippen LogP contribution in [0, 0.1) is 6.92 Å². The molecule has 2 N–H and O–H groups in total. The Bertz CT molecular complexity index is 505. The minimum absolute atomic E-state index is 0.462. The molecule has 0 aliphatic heterocycles. The highest BCUT2D eigenvalue weighted by Gasteiger charge is 2.13. The Hall–Kier alpha value is -1.48. The molecule has 0 amide bonds. The highest BCUT2D eigenvalue weighted by Crippen LogP contribution is 2.25. The molecule has 18 heavy (non-hydrogen) atoms. The summed E-state index contributed by atoms with van der Waals surface area (Å²) in [4.78, 5) is 3.74. The van der Waals surface area contributed by atoms with Gasteiger partial charge in [0.25, 0.3) is 0 Å². The molecule has 1 atom stereocenters. The molecular weight excluding hydrogens is 240 g/mol. The summed E-state index contributed by atoms with van der Waals surface area (Å²) in [5.74, 6) is 0. The molecule has 0 saturated carbocycles. The van der Waals surface area contributed by atoms with Crippen LogP contribution in [0.15, 0.2) is 35.7 Å². The maximum Gasteiger partial charge on any atom is 0.0416 e. The molecule has 0 radical (unpaired) electrons. The largest absolute Gasteiger partial charge is 0.399 e. The van der Waals surface area contributed by atoms with Crippen molar-refractivity contribution in [1.82, 2.24) is 0 Å². The number of thiophene rings is 1. The van der Waals surface area contributed by atoms with Crippen LogP contribution in [0.2, 0.25) is 0 Å². The molecule has 2 aromatic rings. The fourth-order valence-electron chi connectivity index (χ4n) is 2.10. The van der Waals surface area contributed by atoms with E-state index in [-0.39, 0.29) is 0 Å². The summed E-state index contributed by atoms with van der Waals surface area (Å²) in [6, 6.07) is 10.9. The van der Waals surface area contributed by atoms with Gasteiger partial charge in [-0.25, -0.2) is 0 Å².